The van der Waals surface area contributed by atoms with Crippen LogP contribution in [0.1, 0.15) is 46.0 Å². The summed E-state index contributed by atoms with van der Waals surface area (Å²) in [7, 11) is 0. The van der Waals surface area contributed by atoms with E-state index in [4.69, 9.17) is 5.11 Å². The van der Waals surface area contributed by atoms with Gasteiger partial charge >= 0.3 is 0 Å². The van der Waals surface area contributed by atoms with Crippen LogP contribution in [-0.4, -0.2) is 35.2 Å². The summed E-state index contributed by atoms with van der Waals surface area (Å²) < 4.78 is 0. The average Bonchev–Trinajstić information content (AvgIpc) is 2.30. The minimum absolute atomic E-state index is 0.341. The predicted octanol–water partition coefficient (Wildman–Crippen LogP) is 2.02. The maximum Gasteiger partial charge on any atom is 0.0445 e. The van der Waals surface area contributed by atoms with Gasteiger partial charge in [-0.05, 0) is 39.7 Å². The van der Waals surface area contributed by atoms with Crippen molar-refractivity contribution in [2.75, 3.05) is 13.2 Å². The average molecular weight is 185 g/mol. The summed E-state index contributed by atoms with van der Waals surface area (Å²) in [6.45, 7) is 6.08. The van der Waals surface area contributed by atoms with Crippen LogP contribution in [0.2, 0.25) is 0 Å². The van der Waals surface area contributed by atoms with Crippen LogP contribution < -0.4 is 0 Å². The van der Waals surface area contributed by atoms with Crippen molar-refractivity contribution in [3.8, 4) is 0 Å². The Bertz CT molecular complexity index is 136. The topological polar surface area (TPSA) is 23.5 Å². The van der Waals surface area contributed by atoms with E-state index in [1.807, 2.05) is 0 Å². The number of aliphatic hydroxyl groups is 1. The monoisotopic (exact) mass is 185 g/mol. The molecule has 0 radical (unpaired) electrons. The third-order valence-corrected chi connectivity index (χ3v) is 3.05. The van der Waals surface area contributed by atoms with Gasteiger partial charge in [0.05, 0.1) is 0 Å². The van der Waals surface area contributed by atoms with Gasteiger partial charge in [-0.15, -0.1) is 0 Å². The molecule has 0 amide bonds. The van der Waals surface area contributed by atoms with Crippen molar-refractivity contribution < 1.29 is 5.11 Å². The molecule has 0 bridgehead atoms. The van der Waals surface area contributed by atoms with E-state index in [0.29, 0.717) is 18.7 Å². The zero-order valence-corrected chi connectivity index (χ0v) is 9.00. The quantitative estimate of drug-likeness (QED) is 0.727. The fourth-order valence-corrected chi connectivity index (χ4v) is 2.34. The zero-order chi connectivity index (χ0) is 9.68. The lowest BCUT2D eigenvalue weighted by Gasteiger charge is -2.33. The second kappa shape index (κ2) is 5.61. The summed E-state index contributed by atoms with van der Waals surface area (Å²) in [5.41, 5.74) is 0. The first kappa shape index (κ1) is 11.0. The summed E-state index contributed by atoms with van der Waals surface area (Å²) in [5, 5.41) is 8.98. The number of aliphatic hydroxyl groups excluding tert-OH is 1. The van der Waals surface area contributed by atoms with E-state index in [9.17, 15) is 0 Å². The van der Waals surface area contributed by atoms with Crippen molar-refractivity contribution >= 4 is 0 Å². The van der Waals surface area contributed by atoms with Gasteiger partial charge in [0, 0.05) is 18.7 Å². The number of rotatable bonds is 3. The smallest absolute Gasteiger partial charge is 0.0445 e. The highest BCUT2D eigenvalue weighted by Gasteiger charge is 2.22. The van der Waals surface area contributed by atoms with Gasteiger partial charge in [0.2, 0.25) is 0 Å². The third-order valence-electron chi connectivity index (χ3n) is 3.05. The lowest BCUT2D eigenvalue weighted by molar-refractivity contribution is 0.127. The van der Waals surface area contributed by atoms with Crippen molar-refractivity contribution in [1.82, 2.24) is 4.90 Å². The van der Waals surface area contributed by atoms with E-state index in [1.54, 1.807) is 0 Å². The van der Waals surface area contributed by atoms with Gasteiger partial charge in [-0.1, -0.05) is 12.8 Å². The first-order valence-electron chi connectivity index (χ1n) is 5.62. The molecule has 1 unspecified atom stereocenters. The fourth-order valence-electron chi connectivity index (χ4n) is 2.34. The molecule has 0 aromatic heterocycles. The second-order valence-electron chi connectivity index (χ2n) is 4.35. The van der Waals surface area contributed by atoms with Crippen molar-refractivity contribution in [1.29, 1.82) is 0 Å². The van der Waals surface area contributed by atoms with Gasteiger partial charge in [0.25, 0.3) is 0 Å². The summed E-state index contributed by atoms with van der Waals surface area (Å²) in [6, 6.07) is 1.27. The zero-order valence-electron chi connectivity index (χ0n) is 9.00. The lowest BCUT2D eigenvalue weighted by atomic mass is 10.1. The Kier molecular flexibility index (Phi) is 4.74. The molecule has 0 saturated carbocycles. The Labute approximate surface area is 81.9 Å². The minimum atomic E-state index is 0.341. The van der Waals surface area contributed by atoms with Crippen LogP contribution >= 0.6 is 0 Å². The van der Waals surface area contributed by atoms with Gasteiger partial charge in [0.15, 0.2) is 0 Å². The maximum atomic E-state index is 8.98. The van der Waals surface area contributed by atoms with Crippen LogP contribution in [0, 0.1) is 0 Å². The Hall–Kier alpha value is -0.0800. The molecule has 1 atom stereocenters. The van der Waals surface area contributed by atoms with Crippen molar-refractivity contribution in [2.24, 2.45) is 0 Å². The molecule has 2 heteroatoms. The Morgan fingerprint density at radius 3 is 2.69 bits per heavy atom. The molecule has 0 aromatic carbocycles. The molecule has 1 saturated heterocycles. The summed E-state index contributed by atoms with van der Waals surface area (Å²) in [6.07, 6.45) is 6.27. The van der Waals surface area contributed by atoms with Crippen molar-refractivity contribution in [3.63, 3.8) is 0 Å². The molecular weight excluding hydrogens is 162 g/mol. The van der Waals surface area contributed by atoms with E-state index in [2.05, 4.69) is 18.7 Å². The molecule has 0 aliphatic carbocycles. The Morgan fingerprint density at radius 2 is 2.08 bits per heavy atom. The highest BCUT2D eigenvalue weighted by Crippen LogP contribution is 2.20. The molecule has 13 heavy (non-hydrogen) atoms. The van der Waals surface area contributed by atoms with Crippen LogP contribution in [0.15, 0.2) is 0 Å². The van der Waals surface area contributed by atoms with Crippen molar-refractivity contribution in [2.45, 2.75) is 58.0 Å². The third kappa shape index (κ3) is 3.28. The van der Waals surface area contributed by atoms with Gasteiger partial charge in [0.1, 0.15) is 0 Å². The number of nitrogens with zero attached hydrogens (tertiary/aromatic N) is 1. The normalized spacial score (nSPS) is 26.3. The fraction of sp³-hybridized carbons (Fsp3) is 1.00. The van der Waals surface area contributed by atoms with Crippen LogP contribution in [0.4, 0.5) is 0 Å². The van der Waals surface area contributed by atoms with E-state index in [1.165, 1.54) is 32.2 Å². The molecule has 0 spiro atoms. The standard InChI is InChI=1S/C11H23NO/c1-10(2)12-8-5-3-4-6-11(12)7-9-13/h10-11,13H,3-9H2,1-2H3. The molecule has 1 rings (SSSR count). The molecule has 0 aromatic rings. The van der Waals surface area contributed by atoms with E-state index < -0.39 is 0 Å². The Balaban J connectivity index is 2.50. The highest BCUT2D eigenvalue weighted by atomic mass is 16.3. The molecule has 1 fully saturated rings. The molecule has 1 N–H and O–H groups in total. The SMILES string of the molecule is CC(C)N1CCCCCC1CCO. The Morgan fingerprint density at radius 1 is 1.31 bits per heavy atom. The molecular formula is C11H23NO. The minimum Gasteiger partial charge on any atom is -0.396 e. The molecule has 78 valence electrons. The van der Waals surface area contributed by atoms with Gasteiger partial charge < -0.3 is 5.11 Å². The summed E-state index contributed by atoms with van der Waals surface area (Å²) in [4.78, 5) is 2.56. The second-order valence-corrected chi connectivity index (χ2v) is 4.35. The number of hydrogen-bond acceptors (Lipinski definition) is 2. The van der Waals surface area contributed by atoms with Crippen LogP contribution in [-0.2, 0) is 0 Å². The number of likely N-dealkylation sites (tertiary alicyclic amines) is 1. The summed E-state index contributed by atoms with van der Waals surface area (Å²) >= 11 is 0. The van der Waals surface area contributed by atoms with E-state index >= 15 is 0 Å². The van der Waals surface area contributed by atoms with Gasteiger partial charge in [-0.3, -0.25) is 4.90 Å². The molecule has 1 aliphatic heterocycles. The van der Waals surface area contributed by atoms with Gasteiger partial charge in [-0.2, -0.15) is 0 Å². The van der Waals surface area contributed by atoms with Gasteiger partial charge in [-0.25, -0.2) is 0 Å². The van der Waals surface area contributed by atoms with Crippen LogP contribution in [0.5, 0.6) is 0 Å². The first-order valence-corrected chi connectivity index (χ1v) is 5.62. The summed E-state index contributed by atoms with van der Waals surface area (Å²) in [5.74, 6) is 0. The van der Waals surface area contributed by atoms with Crippen LogP contribution in [0.3, 0.4) is 0 Å². The number of hydrogen-bond donors (Lipinski definition) is 1. The maximum absolute atomic E-state index is 8.98. The molecule has 1 aliphatic rings. The lowest BCUT2D eigenvalue weighted by Crippen LogP contribution is -2.40. The predicted molar refractivity (Wildman–Crippen MR) is 55.8 cm³/mol. The molecule has 2 nitrogen and oxygen atoms in total. The highest BCUT2D eigenvalue weighted by molar-refractivity contribution is 4.77. The van der Waals surface area contributed by atoms with Crippen LogP contribution in [0.25, 0.3) is 0 Å². The van der Waals surface area contributed by atoms with E-state index in [-0.39, 0.29) is 0 Å². The first-order chi connectivity index (χ1) is 6.25. The van der Waals surface area contributed by atoms with Crippen molar-refractivity contribution in [3.05, 3.63) is 0 Å². The molecule has 1 heterocycles. The van der Waals surface area contributed by atoms with E-state index in [0.717, 1.165) is 6.42 Å². The largest absolute Gasteiger partial charge is 0.396 e.